The summed E-state index contributed by atoms with van der Waals surface area (Å²) < 4.78 is -1.23. The van der Waals surface area contributed by atoms with Crippen LogP contribution in [0.4, 0.5) is 11.4 Å². The van der Waals surface area contributed by atoms with Crippen molar-refractivity contribution in [2.75, 3.05) is 10.3 Å². The van der Waals surface area contributed by atoms with Crippen LogP contribution in [0.25, 0.3) is 0 Å². The van der Waals surface area contributed by atoms with E-state index in [9.17, 15) is 9.59 Å². The van der Waals surface area contributed by atoms with Gasteiger partial charge in [-0.05, 0) is 66.5 Å². The van der Waals surface area contributed by atoms with Gasteiger partial charge in [-0.25, -0.2) is 0 Å². The molecule has 0 radical (unpaired) electrons. The molecule has 8 heteroatoms. The average molecular weight is 478 g/mol. The molecule has 3 N–H and O–H groups in total. The number of hydrogen-bond donors (Lipinski definition) is 3. The lowest BCUT2D eigenvalue weighted by molar-refractivity contribution is -0.117. The molecule has 2 aromatic carbocycles. The Morgan fingerprint density at radius 3 is 2.59 bits per heavy atom. The smallest absolute Gasteiger partial charge is 0.267 e. The molecule has 2 aromatic rings. The van der Waals surface area contributed by atoms with Crippen molar-refractivity contribution < 1.29 is 9.59 Å². The second kappa shape index (κ2) is 8.47. The Labute approximate surface area is 183 Å². The van der Waals surface area contributed by atoms with E-state index in [4.69, 9.17) is 11.6 Å². The largest absolute Gasteiger partial charge is 0.350 e. The molecule has 1 atom stereocenters. The molecule has 6 nitrogen and oxygen atoms in total. The number of carbonyl (C=O) groups is 2. The molecule has 0 fully saturated rings. The van der Waals surface area contributed by atoms with Gasteiger partial charge in [-0.1, -0.05) is 35.9 Å². The highest BCUT2D eigenvalue weighted by Crippen LogP contribution is 2.37. The quantitative estimate of drug-likeness (QED) is 0.442. The summed E-state index contributed by atoms with van der Waals surface area (Å²) in [5.41, 5.74) is 5.32. The molecule has 0 saturated heterocycles. The van der Waals surface area contributed by atoms with Gasteiger partial charge in [-0.2, -0.15) is 0 Å². The standard InChI is InChI=1S/C21H22BrClN4O2/c1-13(2)25-19(28)15-8-6-7-14(3)18(15)26-20(29)21(22)11-12-24-27(21)17-10-5-4-9-16(17)23/h4-13,24H,1-3H3,(H,25,28)(H,26,29). The van der Waals surface area contributed by atoms with Crippen molar-refractivity contribution in [3.8, 4) is 0 Å². The number of alkyl halides is 1. The number of nitrogens with one attached hydrogen (secondary N) is 3. The third kappa shape index (κ3) is 4.26. The molecule has 3 rings (SSSR count). The molecule has 1 unspecified atom stereocenters. The van der Waals surface area contributed by atoms with Crippen molar-refractivity contribution in [3.63, 3.8) is 0 Å². The van der Waals surface area contributed by atoms with Crippen molar-refractivity contribution in [2.45, 2.75) is 31.3 Å². The molecule has 152 valence electrons. The summed E-state index contributed by atoms with van der Waals surface area (Å²) in [6, 6.07) is 12.5. The topological polar surface area (TPSA) is 73.5 Å². The Hall–Kier alpha value is -2.51. The summed E-state index contributed by atoms with van der Waals surface area (Å²) in [7, 11) is 0. The van der Waals surface area contributed by atoms with E-state index in [1.807, 2.05) is 39.0 Å². The fraction of sp³-hybridized carbons (Fsp3) is 0.238. The van der Waals surface area contributed by atoms with E-state index in [0.29, 0.717) is 22.0 Å². The van der Waals surface area contributed by atoms with Crippen LogP contribution >= 0.6 is 27.5 Å². The maximum absolute atomic E-state index is 13.3. The van der Waals surface area contributed by atoms with Gasteiger partial charge in [-0.3, -0.25) is 14.6 Å². The van der Waals surface area contributed by atoms with Crippen LogP contribution in [0.5, 0.6) is 0 Å². The van der Waals surface area contributed by atoms with Crippen molar-refractivity contribution in [1.82, 2.24) is 10.7 Å². The molecular formula is C21H22BrClN4O2. The first-order chi connectivity index (χ1) is 13.7. The van der Waals surface area contributed by atoms with Gasteiger partial charge in [0.05, 0.1) is 22.0 Å². The zero-order chi connectivity index (χ0) is 21.2. The molecule has 0 bridgehead atoms. The Kier molecular flexibility index (Phi) is 6.19. The van der Waals surface area contributed by atoms with E-state index in [0.717, 1.165) is 5.56 Å². The number of aryl methyl sites for hydroxylation is 1. The number of anilines is 2. The number of hydrogen-bond acceptors (Lipinski definition) is 4. The summed E-state index contributed by atoms with van der Waals surface area (Å²) in [6.07, 6.45) is 3.33. The lowest BCUT2D eigenvalue weighted by Gasteiger charge is -2.33. The second-order valence-corrected chi connectivity index (χ2v) is 8.62. The number of rotatable bonds is 5. The molecule has 1 aliphatic heterocycles. The molecule has 0 spiro atoms. The van der Waals surface area contributed by atoms with Crippen LogP contribution in [0, 0.1) is 6.92 Å². The Bertz CT molecular complexity index is 979. The van der Waals surface area contributed by atoms with Crippen LogP contribution in [0.3, 0.4) is 0 Å². The van der Waals surface area contributed by atoms with Crippen molar-refractivity contribution in [1.29, 1.82) is 0 Å². The minimum atomic E-state index is -1.23. The van der Waals surface area contributed by atoms with Gasteiger partial charge < -0.3 is 16.1 Å². The molecule has 1 heterocycles. The van der Waals surface area contributed by atoms with Crippen molar-refractivity contribution >= 4 is 50.7 Å². The lowest BCUT2D eigenvalue weighted by Crippen LogP contribution is -2.52. The Balaban J connectivity index is 1.93. The van der Waals surface area contributed by atoms with E-state index >= 15 is 0 Å². The number of nitrogens with zero attached hydrogens (tertiary/aromatic N) is 1. The lowest BCUT2D eigenvalue weighted by atomic mass is 10.1. The van der Waals surface area contributed by atoms with Gasteiger partial charge in [0.2, 0.25) is 4.45 Å². The zero-order valence-corrected chi connectivity index (χ0v) is 18.6. The van der Waals surface area contributed by atoms with Crippen LogP contribution in [0.15, 0.2) is 54.7 Å². The Morgan fingerprint density at radius 2 is 1.90 bits per heavy atom. The highest BCUT2D eigenvalue weighted by atomic mass is 79.9. The summed E-state index contributed by atoms with van der Waals surface area (Å²) in [5.74, 6) is -0.614. The summed E-state index contributed by atoms with van der Waals surface area (Å²) in [4.78, 5) is 25.9. The molecule has 1 aliphatic rings. The second-order valence-electron chi connectivity index (χ2n) is 7.00. The molecule has 29 heavy (non-hydrogen) atoms. The maximum Gasteiger partial charge on any atom is 0.267 e. The number of carbonyl (C=O) groups excluding carboxylic acids is 2. The van der Waals surface area contributed by atoms with Crippen LogP contribution in [-0.2, 0) is 4.79 Å². The Morgan fingerprint density at radius 1 is 1.17 bits per heavy atom. The molecule has 0 aromatic heterocycles. The molecule has 0 saturated carbocycles. The summed E-state index contributed by atoms with van der Waals surface area (Å²) in [6.45, 7) is 5.61. The van der Waals surface area contributed by atoms with Crippen molar-refractivity contribution in [2.24, 2.45) is 0 Å². The third-order valence-corrected chi connectivity index (χ3v) is 5.72. The molecule has 2 amide bonds. The fourth-order valence-corrected chi connectivity index (χ4v) is 3.75. The number of para-hydroxylation sites is 2. The van der Waals surface area contributed by atoms with Gasteiger partial charge in [0.15, 0.2) is 0 Å². The van der Waals surface area contributed by atoms with Crippen LogP contribution in [0.2, 0.25) is 5.02 Å². The summed E-state index contributed by atoms with van der Waals surface area (Å²) in [5, 5.41) is 7.89. The first-order valence-electron chi connectivity index (χ1n) is 9.13. The average Bonchev–Trinajstić information content (AvgIpc) is 3.06. The predicted molar refractivity (Wildman–Crippen MR) is 120 cm³/mol. The van der Waals surface area contributed by atoms with Gasteiger partial charge >= 0.3 is 0 Å². The highest BCUT2D eigenvalue weighted by molar-refractivity contribution is 9.10. The monoisotopic (exact) mass is 476 g/mol. The van der Waals surface area contributed by atoms with Gasteiger partial charge in [-0.15, -0.1) is 0 Å². The zero-order valence-electron chi connectivity index (χ0n) is 16.3. The predicted octanol–water partition coefficient (Wildman–Crippen LogP) is 4.35. The van der Waals surface area contributed by atoms with Crippen molar-refractivity contribution in [3.05, 3.63) is 70.9 Å². The molecule has 0 aliphatic carbocycles. The van der Waals surface area contributed by atoms with Crippen LogP contribution < -0.4 is 21.1 Å². The summed E-state index contributed by atoms with van der Waals surface area (Å²) >= 11 is 9.86. The number of amides is 2. The fourth-order valence-electron chi connectivity index (χ4n) is 3.01. The number of hydrazine groups is 1. The van der Waals surface area contributed by atoms with Crippen LogP contribution in [0.1, 0.15) is 29.8 Å². The first kappa shape index (κ1) is 21.2. The number of benzene rings is 2. The molecular weight excluding hydrogens is 456 g/mol. The third-order valence-electron chi connectivity index (χ3n) is 4.42. The number of halogens is 2. The first-order valence-corrected chi connectivity index (χ1v) is 10.3. The normalized spacial score (nSPS) is 17.9. The van der Waals surface area contributed by atoms with E-state index in [-0.39, 0.29) is 17.9 Å². The van der Waals surface area contributed by atoms with E-state index < -0.39 is 4.45 Å². The van der Waals surface area contributed by atoms with Gasteiger partial charge in [0.25, 0.3) is 11.8 Å². The van der Waals surface area contributed by atoms with Gasteiger partial charge in [0, 0.05) is 12.2 Å². The SMILES string of the molecule is Cc1cccc(C(=O)NC(C)C)c1NC(=O)C1(Br)C=CNN1c1ccccc1Cl. The maximum atomic E-state index is 13.3. The van der Waals surface area contributed by atoms with E-state index in [1.54, 1.807) is 41.6 Å². The van der Waals surface area contributed by atoms with Crippen LogP contribution in [-0.4, -0.2) is 22.3 Å². The van der Waals surface area contributed by atoms with Gasteiger partial charge in [0.1, 0.15) is 0 Å². The van der Waals surface area contributed by atoms with E-state index in [2.05, 4.69) is 32.0 Å². The highest BCUT2D eigenvalue weighted by Gasteiger charge is 2.44. The minimum absolute atomic E-state index is 0.0215. The minimum Gasteiger partial charge on any atom is -0.350 e. The van der Waals surface area contributed by atoms with E-state index in [1.165, 1.54) is 0 Å².